The molecule has 1 amide bonds. The van der Waals surface area contributed by atoms with Gasteiger partial charge < -0.3 is 9.64 Å². The van der Waals surface area contributed by atoms with E-state index in [4.69, 9.17) is 28.1 Å². The Morgan fingerprint density at radius 1 is 1.00 bits per heavy atom. The van der Waals surface area contributed by atoms with Gasteiger partial charge in [-0.25, -0.2) is 9.46 Å². The molecule has 1 aliphatic rings. The molecule has 1 heterocycles. The summed E-state index contributed by atoms with van der Waals surface area (Å²) < 4.78 is 9.66. The maximum atomic E-state index is 13.2. The molecule has 0 radical (unpaired) electrons. The predicted octanol–water partition coefficient (Wildman–Crippen LogP) is 5.48. The Morgan fingerprint density at radius 3 is 2.17 bits per heavy atom. The lowest BCUT2D eigenvalue weighted by atomic mass is 10.2. The highest BCUT2D eigenvalue weighted by Crippen LogP contribution is 2.58. The van der Waals surface area contributed by atoms with E-state index < -0.39 is 12.4 Å². The molecule has 0 aromatic heterocycles. The number of amides is 1. The van der Waals surface area contributed by atoms with Crippen LogP contribution in [0.5, 0.6) is 5.75 Å². The Morgan fingerprint density at radius 2 is 1.62 bits per heavy atom. The van der Waals surface area contributed by atoms with E-state index in [-0.39, 0.29) is 0 Å². The van der Waals surface area contributed by atoms with Gasteiger partial charge in [0.15, 0.2) is 0 Å². The number of nitrogens with zero attached hydrogens (tertiary/aromatic N) is 3. The lowest BCUT2D eigenvalue weighted by Gasteiger charge is -2.44. The number of benzene rings is 2. The second-order valence-electron chi connectivity index (χ2n) is 6.66. The van der Waals surface area contributed by atoms with Gasteiger partial charge in [0.1, 0.15) is 12.1 Å². The molecule has 8 heteroatoms. The molecule has 0 saturated heterocycles. The van der Waals surface area contributed by atoms with Gasteiger partial charge in [0.25, 0.3) is 0 Å². The number of rotatable bonds is 7. The average molecular weight is 452 g/mol. The van der Waals surface area contributed by atoms with Crippen molar-refractivity contribution in [3.8, 4) is 5.75 Å². The summed E-state index contributed by atoms with van der Waals surface area (Å²) in [6, 6.07) is 13.2. The first kappa shape index (κ1) is 22.1. The van der Waals surface area contributed by atoms with Crippen molar-refractivity contribution >= 4 is 52.5 Å². The number of ether oxygens (including phenoxy) is 1. The standard InChI is InChI=1S/C21H27ClN3O2PS/c1-5-23(6-2)18-13-14-20-19(15-18)27-21(26)25(17-11-9-16(22)10-12-17)28(20,29)24(7-3)8-4/h9-15H,5-8H2,1-4H3/t28-/m1/s1. The zero-order valence-corrected chi connectivity index (χ0v) is 19.7. The summed E-state index contributed by atoms with van der Waals surface area (Å²) in [4.78, 5) is 15.4. The Labute approximate surface area is 183 Å². The maximum Gasteiger partial charge on any atom is 0.424 e. The average Bonchev–Trinajstić information content (AvgIpc) is 2.71. The van der Waals surface area contributed by atoms with Crippen LogP contribution in [-0.4, -0.2) is 36.9 Å². The molecule has 0 spiro atoms. The molecule has 2 aromatic rings. The topological polar surface area (TPSA) is 36.0 Å². The van der Waals surface area contributed by atoms with Crippen molar-refractivity contribution in [1.29, 1.82) is 0 Å². The summed E-state index contributed by atoms with van der Waals surface area (Å²) >= 11 is 12.4. The second-order valence-corrected chi connectivity index (χ2v) is 11.2. The summed E-state index contributed by atoms with van der Waals surface area (Å²) in [6.45, 7) is 11.6. The van der Waals surface area contributed by atoms with Crippen molar-refractivity contribution in [2.45, 2.75) is 27.7 Å². The highest BCUT2D eigenvalue weighted by Gasteiger charge is 2.44. The van der Waals surface area contributed by atoms with Crippen LogP contribution >= 0.6 is 17.9 Å². The first-order chi connectivity index (χ1) is 13.9. The van der Waals surface area contributed by atoms with E-state index in [1.54, 1.807) is 16.8 Å². The van der Waals surface area contributed by atoms with E-state index in [1.165, 1.54) is 0 Å². The van der Waals surface area contributed by atoms with Crippen LogP contribution in [0.3, 0.4) is 0 Å². The molecule has 5 nitrogen and oxygen atoms in total. The van der Waals surface area contributed by atoms with E-state index in [2.05, 4.69) is 43.3 Å². The minimum Gasteiger partial charge on any atom is -0.409 e. The molecule has 1 aliphatic heterocycles. The van der Waals surface area contributed by atoms with Crippen molar-refractivity contribution in [1.82, 2.24) is 4.67 Å². The molecule has 0 bridgehead atoms. The van der Waals surface area contributed by atoms with E-state index in [0.717, 1.165) is 37.2 Å². The molecule has 0 unspecified atom stereocenters. The number of carbonyl (C=O) groups excluding carboxylic acids is 1. The van der Waals surface area contributed by atoms with Crippen LogP contribution in [0.1, 0.15) is 27.7 Å². The molecule has 29 heavy (non-hydrogen) atoms. The van der Waals surface area contributed by atoms with Crippen LogP contribution in [0.2, 0.25) is 5.02 Å². The third-order valence-electron chi connectivity index (χ3n) is 5.21. The second kappa shape index (κ2) is 9.05. The Hall–Kier alpha value is -1.59. The Balaban J connectivity index is 2.20. The number of carbonyl (C=O) groups is 1. The highest BCUT2D eigenvalue weighted by atomic mass is 35.5. The molecule has 0 N–H and O–H groups in total. The molecular weight excluding hydrogens is 425 g/mol. The van der Waals surface area contributed by atoms with Gasteiger partial charge in [-0.3, -0.25) is 4.67 Å². The number of hydrogen-bond donors (Lipinski definition) is 0. The van der Waals surface area contributed by atoms with Crippen LogP contribution in [-0.2, 0) is 11.8 Å². The summed E-state index contributed by atoms with van der Waals surface area (Å²) in [6.07, 6.45) is -3.06. The SMILES string of the molecule is CCN(CC)c1ccc2c(c1)OC(=O)N(c1ccc(Cl)cc1)[P@]2(=S)N(CC)CC. The number of anilines is 2. The van der Waals surface area contributed by atoms with E-state index >= 15 is 0 Å². The third-order valence-corrected chi connectivity index (χ3v) is 10.5. The van der Waals surface area contributed by atoms with Crippen molar-refractivity contribution in [3.63, 3.8) is 0 Å². The normalized spacial score (nSPS) is 18.6. The monoisotopic (exact) mass is 451 g/mol. The molecule has 0 aliphatic carbocycles. The van der Waals surface area contributed by atoms with E-state index in [1.807, 2.05) is 24.3 Å². The highest BCUT2D eigenvalue weighted by molar-refractivity contribution is 8.18. The molecule has 2 aromatic carbocycles. The van der Waals surface area contributed by atoms with Gasteiger partial charge in [-0.15, -0.1) is 0 Å². The summed E-state index contributed by atoms with van der Waals surface area (Å²) in [5, 5.41) is 1.51. The largest absolute Gasteiger partial charge is 0.424 e. The fraction of sp³-hybridized carbons (Fsp3) is 0.381. The smallest absolute Gasteiger partial charge is 0.409 e. The summed E-state index contributed by atoms with van der Waals surface area (Å²) in [5.41, 5.74) is 1.73. The van der Waals surface area contributed by atoms with Gasteiger partial charge in [0.2, 0.25) is 0 Å². The lowest BCUT2D eigenvalue weighted by molar-refractivity contribution is 0.211. The molecule has 0 saturated carbocycles. The summed E-state index contributed by atoms with van der Waals surface area (Å²) in [5.74, 6) is 0.569. The van der Waals surface area contributed by atoms with Crippen molar-refractivity contribution in [2.75, 3.05) is 35.7 Å². The van der Waals surface area contributed by atoms with Crippen LogP contribution < -0.4 is 19.6 Å². The fourth-order valence-corrected chi connectivity index (χ4v) is 8.37. The van der Waals surface area contributed by atoms with Gasteiger partial charge in [0, 0.05) is 43.0 Å². The molecule has 1 atom stereocenters. The lowest BCUT2D eigenvalue weighted by Crippen LogP contribution is -2.46. The van der Waals surface area contributed by atoms with Gasteiger partial charge in [-0.2, -0.15) is 0 Å². The predicted molar refractivity (Wildman–Crippen MR) is 127 cm³/mol. The quantitative estimate of drug-likeness (QED) is 0.521. The maximum absolute atomic E-state index is 13.2. The van der Waals surface area contributed by atoms with Gasteiger partial charge in [-0.05, 0) is 50.2 Å². The van der Waals surface area contributed by atoms with Gasteiger partial charge >= 0.3 is 6.09 Å². The number of hydrogen-bond acceptors (Lipinski definition) is 4. The third kappa shape index (κ3) is 3.91. The van der Waals surface area contributed by atoms with Crippen LogP contribution in [0.4, 0.5) is 16.2 Å². The first-order valence-corrected chi connectivity index (χ1v) is 13.0. The Bertz CT molecular complexity index is 930. The van der Waals surface area contributed by atoms with Gasteiger partial charge in [0.05, 0.1) is 11.0 Å². The van der Waals surface area contributed by atoms with E-state index in [0.29, 0.717) is 16.5 Å². The zero-order chi connectivity index (χ0) is 21.2. The van der Waals surface area contributed by atoms with Crippen molar-refractivity contribution < 1.29 is 9.53 Å². The Kier molecular flexibility index (Phi) is 6.90. The number of fused-ring (bicyclic) bond motifs is 1. The minimum absolute atomic E-state index is 0.438. The first-order valence-electron chi connectivity index (χ1n) is 9.93. The summed E-state index contributed by atoms with van der Waals surface area (Å²) in [7, 11) is 0. The van der Waals surface area contributed by atoms with Crippen LogP contribution in [0.15, 0.2) is 42.5 Å². The van der Waals surface area contributed by atoms with Crippen LogP contribution in [0.25, 0.3) is 0 Å². The zero-order valence-electron chi connectivity index (χ0n) is 17.3. The van der Waals surface area contributed by atoms with Gasteiger partial charge in [-0.1, -0.05) is 37.3 Å². The van der Waals surface area contributed by atoms with Crippen molar-refractivity contribution in [2.24, 2.45) is 0 Å². The molecule has 0 fully saturated rings. The molecule has 3 rings (SSSR count). The molecular formula is C21H27ClN3O2PS. The van der Waals surface area contributed by atoms with Crippen LogP contribution in [0, 0.1) is 0 Å². The fourth-order valence-electron chi connectivity index (χ4n) is 3.70. The minimum atomic E-state index is -2.62. The molecule has 156 valence electrons. The van der Waals surface area contributed by atoms with Crippen molar-refractivity contribution in [3.05, 3.63) is 47.5 Å². The number of halogens is 1. The van der Waals surface area contributed by atoms with E-state index in [9.17, 15) is 4.79 Å².